The van der Waals surface area contributed by atoms with Crippen LogP contribution in [0.25, 0.3) is 0 Å². The number of piperazine rings is 1. The van der Waals surface area contributed by atoms with Crippen molar-refractivity contribution in [3.05, 3.63) is 65.0 Å². The topological polar surface area (TPSA) is 32.8 Å². The molecule has 2 atom stereocenters. The number of ether oxygens (including phenoxy) is 1. The third-order valence-corrected chi connectivity index (χ3v) is 5.43. The number of aryl methyl sites for hydroxylation is 2. The second-order valence-electron chi connectivity index (χ2n) is 7.86. The number of carbonyl (C=O) groups excluding carboxylic acids is 1. The maximum atomic E-state index is 13.1. The van der Waals surface area contributed by atoms with Crippen molar-refractivity contribution >= 4 is 5.91 Å². The van der Waals surface area contributed by atoms with E-state index in [-0.39, 0.29) is 30.4 Å². The fraction of sp³-hybridized carbons (Fsp3) is 0.435. The van der Waals surface area contributed by atoms with E-state index >= 15 is 0 Å². The maximum Gasteiger partial charge on any atom is 0.260 e. The van der Waals surface area contributed by atoms with E-state index in [0.29, 0.717) is 6.54 Å². The van der Waals surface area contributed by atoms with Crippen molar-refractivity contribution in [2.75, 3.05) is 19.7 Å². The van der Waals surface area contributed by atoms with Gasteiger partial charge in [0.2, 0.25) is 0 Å². The average molecular weight is 384 g/mol. The summed E-state index contributed by atoms with van der Waals surface area (Å²) in [4.78, 5) is 17.0. The number of halogens is 1. The molecule has 28 heavy (non-hydrogen) atoms. The Bertz CT molecular complexity index is 822. The lowest BCUT2D eigenvalue weighted by molar-refractivity contribution is -0.139. The van der Waals surface area contributed by atoms with Gasteiger partial charge in [-0.25, -0.2) is 4.39 Å². The molecule has 0 radical (unpaired) electrons. The van der Waals surface area contributed by atoms with E-state index < -0.39 is 0 Å². The Labute approximate surface area is 166 Å². The Morgan fingerprint density at radius 3 is 2.50 bits per heavy atom. The van der Waals surface area contributed by atoms with Gasteiger partial charge in [-0.3, -0.25) is 9.69 Å². The smallest absolute Gasteiger partial charge is 0.260 e. The summed E-state index contributed by atoms with van der Waals surface area (Å²) < 4.78 is 18.9. The molecule has 2 aromatic carbocycles. The molecule has 1 aliphatic rings. The van der Waals surface area contributed by atoms with Crippen molar-refractivity contribution in [1.82, 2.24) is 9.80 Å². The summed E-state index contributed by atoms with van der Waals surface area (Å²) in [5.74, 6) is 0.565. The van der Waals surface area contributed by atoms with Crippen LogP contribution in [0.5, 0.6) is 5.75 Å². The van der Waals surface area contributed by atoms with Gasteiger partial charge in [0.05, 0.1) is 0 Å². The Morgan fingerprint density at radius 2 is 1.79 bits per heavy atom. The largest absolute Gasteiger partial charge is 0.483 e. The normalized spacial score (nSPS) is 20.2. The summed E-state index contributed by atoms with van der Waals surface area (Å²) in [5.41, 5.74) is 3.23. The fourth-order valence-corrected chi connectivity index (χ4v) is 3.68. The van der Waals surface area contributed by atoms with Crippen LogP contribution >= 0.6 is 0 Å². The minimum absolute atomic E-state index is 0.0155. The summed E-state index contributed by atoms with van der Waals surface area (Å²) in [6.45, 7) is 10.5. The molecule has 1 amide bonds. The Kier molecular flexibility index (Phi) is 6.35. The molecule has 0 saturated carbocycles. The van der Waals surface area contributed by atoms with Crippen LogP contribution in [0, 0.1) is 19.7 Å². The molecule has 0 aromatic heterocycles. The molecule has 1 heterocycles. The van der Waals surface area contributed by atoms with E-state index in [0.717, 1.165) is 35.5 Å². The van der Waals surface area contributed by atoms with Gasteiger partial charge in [-0.15, -0.1) is 0 Å². The van der Waals surface area contributed by atoms with Gasteiger partial charge < -0.3 is 9.64 Å². The molecule has 3 rings (SSSR count). The van der Waals surface area contributed by atoms with E-state index in [2.05, 4.69) is 18.7 Å². The summed E-state index contributed by atoms with van der Waals surface area (Å²) in [5, 5.41) is 0. The minimum atomic E-state index is -0.218. The van der Waals surface area contributed by atoms with Gasteiger partial charge >= 0.3 is 0 Å². The minimum Gasteiger partial charge on any atom is -0.483 e. The van der Waals surface area contributed by atoms with Crippen LogP contribution in [0.4, 0.5) is 4.39 Å². The molecule has 5 heteroatoms. The third-order valence-electron chi connectivity index (χ3n) is 5.43. The number of hydrogen-bond donors (Lipinski definition) is 0. The summed E-state index contributed by atoms with van der Waals surface area (Å²) in [7, 11) is 0. The van der Waals surface area contributed by atoms with Crippen molar-refractivity contribution in [2.45, 2.75) is 46.3 Å². The van der Waals surface area contributed by atoms with Gasteiger partial charge in [-0.05, 0) is 62.6 Å². The predicted molar refractivity (Wildman–Crippen MR) is 109 cm³/mol. The first kappa shape index (κ1) is 20.3. The highest BCUT2D eigenvalue weighted by Gasteiger charge is 2.32. The highest BCUT2D eigenvalue weighted by molar-refractivity contribution is 5.78. The van der Waals surface area contributed by atoms with Crippen LogP contribution in [0.1, 0.15) is 30.5 Å². The first-order chi connectivity index (χ1) is 13.3. The van der Waals surface area contributed by atoms with E-state index in [4.69, 9.17) is 4.74 Å². The van der Waals surface area contributed by atoms with Gasteiger partial charge in [0, 0.05) is 31.7 Å². The molecule has 1 aliphatic heterocycles. The molecule has 1 saturated heterocycles. The molecule has 150 valence electrons. The SMILES string of the molecule is Cc1ccc(C)c(OCC(=O)N2C[C@@H](C)N(Cc3ccc(F)cc3)C[C@@H]2C)c1. The summed E-state index contributed by atoms with van der Waals surface area (Å²) in [6, 6.07) is 13.0. The zero-order valence-corrected chi connectivity index (χ0v) is 17.1. The Hall–Kier alpha value is -2.40. The molecule has 0 spiro atoms. The van der Waals surface area contributed by atoms with Crippen molar-refractivity contribution in [1.29, 1.82) is 0 Å². The second-order valence-corrected chi connectivity index (χ2v) is 7.86. The van der Waals surface area contributed by atoms with Crippen LogP contribution in [0.15, 0.2) is 42.5 Å². The quantitative estimate of drug-likeness (QED) is 0.783. The highest BCUT2D eigenvalue weighted by atomic mass is 19.1. The average Bonchev–Trinajstić information content (AvgIpc) is 2.66. The zero-order valence-electron chi connectivity index (χ0n) is 17.1. The van der Waals surface area contributed by atoms with Gasteiger partial charge in [0.1, 0.15) is 11.6 Å². The van der Waals surface area contributed by atoms with E-state index in [1.807, 2.05) is 49.1 Å². The molecular formula is C23H29FN2O2. The van der Waals surface area contributed by atoms with Gasteiger partial charge in [-0.2, -0.15) is 0 Å². The standard InChI is InChI=1S/C23H29FN2O2/c1-16-5-6-17(2)22(11-16)28-15-23(27)26-13-18(3)25(12-19(26)4)14-20-7-9-21(24)10-8-20/h5-11,18-19H,12-15H2,1-4H3/t18-,19+/m1/s1. The van der Waals surface area contributed by atoms with Crippen LogP contribution in [-0.2, 0) is 11.3 Å². The number of nitrogens with zero attached hydrogens (tertiary/aromatic N) is 2. The van der Waals surface area contributed by atoms with Crippen molar-refractivity contribution in [3.8, 4) is 5.75 Å². The van der Waals surface area contributed by atoms with Crippen molar-refractivity contribution in [3.63, 3.8) is 0 Å². The molecule has 1 fully saturated rings. The Balaban J connectivity index is 1.57. The number of amides is 1. The lowest BCUT2D eigenvalue weighted by atomic mass is 10.1. The molecule has 0 unspecified atom stereocenters. The summed E-state index contributed by atoms with van der Waals surface area (Å²) >= 11 is 0. The van der Waals surface area contributed by atoms with E-state index in [9.17, 15) is 9.18 Å². The molecule has 0 bridgehead atoms. The van der Waals surface area contributed by atoms with E-state index in [1.54, 1.807) is 0 Å². The number of rotatable bonds is 5. The zero-order chi connectivity index (χ0) is 20.3. The van der Waals surface area contributed by atoms with Gasteiger partial charge in [0.25, 0.3) is 5.91 Å². The number of benzene rings is 2. The number of hydrogen-bond acceptors (Lipinski definition) is 3. The second kappa shape index (κ2) is 8.74. The van der Waals surface area contributed by atoms with E-state index in [1.165, 1.54) is 12.1 Å². The first-order valence-corrected chi connectivity index (χ1v) is 9.81. The van der Waals surface area contributed by atoms with Crippen LogP contribution in [0.2, 0.25) is 0 Å². The fourth-order valence-electron chi connectivity index (χ4n) is 3.68. The molecule has 2 aromatic rings. The van der Waals surface area contributed by atoms with Gasteiger partial charge in [0.15, 0.2) is 6.61 Å². The third kappa shape index (κ3) is 4.90. The van der Waals surface area contributed by atoms with Crippen LogP contribution in [-0.4, -0.2) is 47.5 Å². The Morgan fingerprint density at radius 1 is 1.07 bits per heavy atom. The van der Waals surface area contributed by atoms with Gasteiger partial charge in [-0.1, -0.05) is 24.3 Å². The van der Waals surface area contributed by atoms with Crippen LogP contribution in [0.3, 0.4) is 0 Å². The lowest BCUT2D eigenvalue weighted by Gasteiger charge is -2.44. The molecular weight excluding hydrogens is 355 g/mol. The highest BCUT2D eigenvalue weighted by Crippen LogP contribution is 2.21. The lowest BCUT2D eigenvalue weighted by Crippen LogP contribution is -2.58. The summed E-state index contributed by atoms with van der Waals surface area (Å²) in [6.07, 6.45) is 0. The maximum absolute atomic E-state index is 13.1. The molecule has 4 nitrogen and oxygen atoms in total. The monoisotopic (exact) mass is 384 g/mol. The van der Waals surface area contributed by atoms with Crippen molar-refractivity contribution < 1.29 is 13.9 Å². The number of carbonyl (C=O) groups is 1. The molecule has 0 N–H and O–H groups in total. The predicted octanol–water partition coefficient (Wildman–Crippen LogP) is 3.94. The molecule has 0 aliphatic carbocycles. The van der Waals surface area contributed by atoms with Crippen molar-refractivity contribution in [2.24, 2.45) is 0 Å². The van der Waals surface area contributed by atoms with Crippen LogP contribution < -0.4 is 4.74 Å². The first-order valence-electron chi connectivity index (χ1n) is 9.81.